The van der Waals surface area contributed by atoms with E-state index in [2.05, 4.69) is 10.6 Å². The highest BCUT2D eigenvalue weighted by molar-refractivity contribution is 5.76. The van der Waals surface area contributed by atoms with Crippen LogP contribution >= 0.6 is 0 Å². The normalized spacial score (nSPS) is 11.8. The van der Waals surface area contributed by atoms with Gasteiger partial charge in [-0.15, -0.1) is 0 Å². The Morgan fingerprint density at radius 2 is 2.05 bits per heavy atom. The van der Waals surface area contributed by atoms with Gasteiger partial charge in [-0.2, -0.15) is 0 Å². The molecule has 1 atom stereocenters. The van der Waals surface area contributed by atoms with E-state index < -0.39 is 0 Å². The van der Waals surface area contributed by atoms with Crippen molar-refractivity contribution in [1.82, 2.24) is 10.6 Å². The third-order valence-corrected chi connectivity index (χ3v) is 3.06. The average molecular weight is 280 g/mol. The summed E-state index contributed by atoms with van der Waals surface area (Å²) in [4.78, 5) is 11.8. The van der Waals surface area contributed by atoms with Crippen LogP contribution in [0.1, 0.15) is 31.9 Å². The van der Waals surface area contributed by atoms with Crippen molar-refractivity contribution in [1.29, 1.82) is 0 Å². The molecule has 0 saturated heterocycles. The van der Waals surface area contributed by atoms with Crippen molar-refractivity contribution in [3.8, 4) is 11.5 Å². The first kappa shape index (κ1) is 16.3. The second kappa shape index (κ2) is 8.43. The fourth-order valence-corrected chi connectivity index (χ4v) is 1.95. The van der Waals surface area contributed by atoms with Crippen LogP contribution in [0.2, 0.25) is 0 Å². The lowest BCUT2D eigenvalue weighted by Gasteiger charge is -2.18. The molecular weight excluding hydrogens is 256 g/mol. The number of ether oxygens (including phenoxy) is 2. The summed E-state index contributed by atoms with van der Waals surface area (Å²) in [6.45, 7) is 5.50. The summed E-state index contributed by atoms with van der Waals surface area (Å²) in [5.41, 5.74) is 0.906. The van der Waals surface area contributed by atoms with Crippen molar-refractivity contribution in [2.75, 3.05) is 27.3 Å². The van der Waals surface area contributed by atoms with E-state index in [1.165, 1.54) is 0 Å². The molecule has 1 unspecified atom stereocenters. The van der Waals surface area contributed by atoms with E-state index in [9.17, 15) is 4.79 Å². The zero-order valence-corrected chi connectivity index (χ0v) is 12.7. The Bertz CT molecular complexity index is 435. The summed E-state index contributed by atoms with van der Waals surface area (Å²) >= 11 is 0. The Hall–Kier alpha value is -1.75. The summed E-state index contributed by atoms with van der Waals surface area (Å²) in [5.74, 6) is 1.50. The van der Waals surface area contributed by atoms with Gasteiger partial charge in [0.2, 0.25) is 5.91 Å². The first-order valence-electron chi connectivity index (χ1n) is 6.84. The van der Waals surface area contributed by atoms with Gasteiger partial charge in [0.15, 0.2) is 0 Å². The lowest BCUT2D eigenvalue weighted by atomic mass is 10.1. The molecule has 0 fully saturated rings. The van der Waals surface area contributed by atoms with Gasteiger partial charge in [0.25, 0.3) is 0 Å². The first-order chi connectivity index (χ1) is 9.62. The topological polar surface area (TPSA) is 59.6 Å². The summed E-state index contributed by atoms with van der Waals surface area (Å²) in [7, 11) is 3.23. The van der Waals surface area contributed by atoms with Gasteiger partial charge >= 0.3 is 0 Å². The van der Waals surface area contributed by atoms with Crippen molar-refractivity contribution in [2.24, 2.45) is 0 Å². The van der Waals surface area contributed by atoms with Crippen molar-refractivity contribution < 1.29 is 14.3 Å². The first-order valence-corrected chi connectivity index (χ1v) is 6.84. The largest absolute Gasteiger partial charge is 0.497 e. The van der Waals surface area contributed by atoms with Crippen molar-refractivity contribution in [2.45, 2.75) is 26.3 Å². The number of methoxy groups -OCH3 is 2. The van der Waals surface area contributed by atoms with Gasteiger partial charge in [0.05, 0.1) is 20.3 Å². The molecule has 0 radical (unpaired) electrons. The quantitative estimate of drug-likeness (QED) is 0.714. The van der Waals surface area contributed by atoms with Crippen LogP contribution in [0.25, 0.3) is 0 Å². The molecule has 1 amide bonds. The highest BCUT2D eigenvalue weighted by atomic mass is 16.5. The van der Waals surface area contributed by atoms with Crippen LogP contribution in [-0.2, 0) is 4.79 Å². The predicted octanol–water partition coefficient (Wildman–Crippen LogP) is 1.88. The maximum Gasteiger partial charge on any atom is 0.221 e. The minimum absolute atomic E-state index is 0.0170. The number of amides is 1. The molecule has 112 valence electrons. The molecule has 0 heterocycles. The molecule has 0 aliphatic heterocycles. The number of hydrogen-bond acceptors (Lipinski definition) is 4. The number of hydrogen-bond donors (Lipinski definition) is 2. The summed E-state index contributed by atoms with van der Waals surface area (Å²) in [5, 5.41) is 6.09. The van der Waals surface area contributed by atoms with Crippen LogP contribution in [0, 0.1) is 0 Å². The Morgan fingerprint density at radius 1 is 1.30 bits per heavy atom. The van der Waals surface area contributed by atoms with E-state index in [1.54, 1.807) is 14.2 Å². The van der Waals surface area contributed by atoms with Gasteiger partial charge in [-0.3, -0.25) is 4.79 Å². The van der Waals surface area contributed by atoms with Crippen LogP contribution in [0.3, 0.4) is 0 Å². The molecule has 1 aromatic rings. The van der Waals surface area contributed by atoms with E-state index in [-0.39, 0.29) is 11.9 Å². The minimum atomic E-state index is -0.130. The highest BCUT2D eigenvalue weighted by Gasteiger charge is 2.14. The van der Waals surface area contributed by atoms with E-state index in [0.29, 0.717) is 13.0 Å². The van der Waals surface area contributed by atoms with Crippen molar-refractivity contribution >= 4 is 5.91 Å². The zero-order chi connectivity index (χ0) is 15.0. The predicted molar refractivity (Wildman–Crippen MR) is 79.3 cm³/mol. The van der Waals surface area contributed by atoms with E-state index in [1.807, 2.05) is 32.0 Å². The van der Waals surface area contributed by atoms with E-state index in [4.69, 9.17) is 9.47 Å². The number of carbonyl (C=O) groups is 1. The molecule has 20 heavy (non-hydrogen) atoms. The second-order valence-electron chi connectivity index (χ2n) is 4.50. The Morgan fingerprint density at radius 3 is 2.65 bits per heavy atom. The summed E-state index contributed by atoms with van der Waals surface area (Å²) in [6, 6.07) is 5.43. The Balaban J connectivity index is 2.70. The number of rotatable bonds is 8. The third-order valence-electron chi connectivity index (χ3n) is 3.06. The molecule has 0 aromatic heterocycles. The third kappa shape index (κ3) is 4.74. The molecule has 1 rings (SSSR count). The van der Waals surface area contributed by atoms with Gasteiger partial charge in [0.1, 0.15) is 11.5 Å². The van der Waals surface area contributed by atoms with Crippen molar-refractivity contribution in [3.63, 3.8) is 0 Å². The van der Waals surface area contributed by atoms with Crippen LogP contribution in [-0.4, -0.2) is 33.2 Å². The molecule has 0 spiro atoms. The van der Waals surface area contributed by atoms with Gasteiger partial charge < -0.3 is 20.1 Å². The van der Waals surface area contributed by atoms with E-state index in [0.717, 1.165) is 23.6 Å². The zero-order valence-electron chi connectivity index (χ0n) is 12.7. The lowest BCUT2D eigenvalue weighted by molar-refractivity contribution is -0.121. The number of carbonyl (C=O) groups excluding carboxylic acids is 1. The Kier molecular flexibility index (Phi) is 6.87. The average Bonchev–Trinajstić information content (AvgIpc) is 2.46. The standard InChI is InChI=1S/C15H24N2O3/c1-5-16-9-8-15(18)17-11(2)13-10-12(19-3)6-7-14(13)20-4/h6-7,10-11,16H,5,8-9H2,1-4H3,(H,17,18). The molecule has 5 heteroatoms. The second-order valence-corrected chi connectivity index (χ2v) is 4.50. The maximum atomic E-state index is 11.8. The molecule has 0 aliphatic rings. The maximum absolute atomic E-state index is 11.8. The van der Waals surface area contributed by atoms with Gasteiger partial charge in [-0.25, -0.2) is 0 Å². The van der Waals surface area contributed by atoms with Gasteiger partial charge in [-0.05, 0) is 31.7 Å². The van der Waals surface area contributed by atoms with E-state index >= 15 is 0 Å². The molecular formula is C15H24N2O3. The molecule has 0 aliphatic carbocycles. The molecule has 0 bridgehead atoms. The monoisotopic (exact) mass is 280 g/mol. The summed E-state index contributed by atoms with van der Waals surface area (Å²) < 4.78 is 10.5. The van der Waals surface area contributed by atoms with Gasteiger partial charge in [0, 0.05) is 18.5 Å². The fourth-order valence-electron chi connectivity index (χ4n) is 1.95. The van der Waals surface area contributed by atoms with Crippen LogP contribution < -0.4 is 20.1 Å². The van der Waals surface area contributed by atoms with Crippen LogP contribution in [0.15, 0.2) is 18.2 Å². The van der Waals surface area contributed by atoms with Crippen LogP contribution in [0.4, 0.5) is 0 Å². The molecule has 2 N–H and O–H groups in total. The van der Waals surface area contributed by atoms with Gasteiger partial charge in [-0.1, -0.05) is 6.92 Å². The number of benzene rings is 1. The van der Waals surface area contributed by atoms with Crippen LogP contribution in [0.5, 0.6) is 11.5 Å². The lowest BCUT2D eigenvalue weighted by Crippen LogP contribution is -2.30. The molecule has 0 saturated carbocycles. The number of nitrogens with one attached hydrogen (secondary N) is 2. The minimum Gasteiger partial charge on any atom is -0.497 e. The highest BCUT2D eigenvalue weighted by Crippen LogP contribution is 2.29. The molecule has 1 aromatic carbocycles. The molecule has 5 nitrogen and oxygen atoms in total. The fraction of sp³-hybridized carbons (Fsp3) is 0.533. The Labute approximate surface area is 120 Å². The van der Waals surface area contributed by atoms with Crippen molar-refractivity contribution in [3.05, 3.63) is 23.8 Å². The SMILES string of the molecule is CCNCCC(=O)NC(C)c1cc(OC)ccc1OC. The summed E-state index contributed by atoms with van der Waals surface area (Å²) in [6.07, 6.45) is 0.463. The smallest absolute Gasteiger partial charge is 0.221 e.